The quantitative estimate of drug-likeness (QED) is 0.0957. The minimum atomic E-state index is -2.27. The van der Waals surface area contributed by atoms with Gasteiger partial charge in [-0.05, 0) is 101 Å². The van der Waals surface area contributed by atoms with Gasteiger partial charge in [-0.15, -0.1) is 0 Å². The van der Waals surface area contributed by atoms with Gasteiger partial charge in [0.15, 0.2) is 0 Å². The van der Waals surface area contributed by atoms with Crippen LogP contribution in [0.5, 0.6) is 0 Å². The number of amides is 11. The molecule has 1 unspecified atom stereocenters. The molecule has 0 spiro atoms. The van der Waals surface area contributed by atoms with Crippen LogP contribution in [0.1, 0.15) is 156 Å². The highest BCUT2D eigenvalue weighted by atomic mass is 16.4. The predicted octanol–water partition coefficient (Wildman–Crippen LogP) is 2.72. The van der Waals surface area contributed by atoms with Gasteiger partial charge >= 0.3 is 5.97 Å². The Balaban J connectivity index is 4.46. The summed E-state index contributed by atoms with van der Waals surface area (Å²) in [6.07, 6.45) is 2.25. The Hall–Kier alpha value is -6.66. The van der Waals surface area contributed by atoms with Crippen molar-refractivity contribution in [3.8, 4) is 0 Å². The number of aliphatic hydroxyl groups excluding tert-OH is 1. The van der Waals surface area contributed by atoms with E-state index in [1.807, 2.05) is 41.5 Å². The first-order valence-corrected chi connectivity index (χ1v) is 31.2. The van der Waals surface area contributed by atoms with Crippen LogP contribution >= 0.6 is 0 Å². The highest BCUT2D eigenvalue weighted by Crippen LogP contribution is 2.26. The van der Waals surface area contributed by atoms with Crippen molar-refractivity contribution in [1.29, 1.82) is 0 Å². The lowest BCUT2D eigenvalue weighted by Gasteiger charge is -2.41. The molecule has 0 saturated carbocycles. The van der Waals surface area contributed by atoms with E-state index in [0.717, 1.165) is 16.8 Å². The smallest absolute Gasteiger partial charge is 0.336 e. The Morgan fingerprint density at radius 1 is 0.455 bits per heavy atom. The van der Waals surface area contributed by atoms with Gasteiger partial charge in [0.05, 0.1) is 6.10 Å². The molecule has 0 aromatic heterocycles. The third-order valence-corrected chi connectivity index (χ3v) is 16.5. The van der Waals surface area contributed by atoms with Crippen molar-refractivity contribution < 1.29 is 67.7 Å². The Bertz CT molecular complexity index is 2470. The molecular weight excluding hydrogens is 1130 g/mol. The summed E-state index contributed by atoms with van der Waals surface area (Å²) in [7, 11) is 9.15. The minimum absolute atomic E-state index is 0.0460. The first-order chi connectivity index (χ1) is 40.5. The maximum atomic E-state index is 15.2. The summed E-state index contributed by atoms with van der Waals surface area (Å²) < 4.78 is 0. The van der Waals surface area contributed by atoms with Gasteiger partial charge in [0.1, 0.15) is 60.4 Å². The van der Waals surface area contributed by atoms with Crippen LogP contribution in [0.25, 0.3) is 0 Å². The van der Waals surface area contributed by atoms with Gasteiger partial charge in [-0.25, -0.2) is 4.79 Å². The van der Waals surface area contributed by atoms with E-state index in [1.54, 1.807) is 67.5 Å². The molecule has 11 amide bonds. The Morgan fingerprint density at radius 2 is 0.852 bits per heavy atom. The number of nitrogens with one attached hydrogen (secondary N) is 4. The largest absolute Gasteiger partial charge is 0.479 e. The molecule has 0 radical (unpaired) electrons. The molecule has 13 atom stereocenters. The molecule has 0 aromatic rings. The van der Waals surface area contributed by atoms with E-state index in [0.29, 0.717) is 4.90 Å². The second-order valence-electron chi connectivity index (χ2n) is 26.5. The van der Waals surface area contributed by atoms with Crippen LogP contribution in [0, 0.1) is 41.4 Å². The summed E-state index contributed by atoms with van der Waals surface area (Å²) >= 11 is 0. The molecule has 6 N–H and O–H groups in total. The number of carbonyl (C=O) groups is 12. The summed E-state index contributed by atoms with van der Waals surface area (Å²) in [5.74, 6) is -13.7. The van der Waals surface area contributed by atoms with Gasteiger partial charge in [0.25, 0.3) is 5.91 Å². The summed E-state index contributed by atoms with van der Waals surface area (Å²) in [4.78, 5) is 182. The van der Waals surface area contributed by atoms with Crippen LogP contribution in [-0.2, 0) is 57.5 Å². The number of aliphatic carboxylic acids is 1. The molecule has 1 rings (SSSR count). The van der Waals surface area contributed by atoms with E-state index < -0.39 is 161 Å². The first kappa shape index (κ1) is 79.4. The topological polar surface area (TPSA) is 316 Å². The van der Waals surface area contributed by atoms with Crippen LogP contribution in [0.15, 0.2) is 12.2 Å². The van der Waals surface area contributed by atoms with Crippen molar-refractivity contribution >= 4 is 70.9 Å². The van der Waals surface area contributed by atoms with Crippen molar-refractivity contribution in [2.24, 2.45) is 41.4 Å². The van der Waals surface area contributed by atoms with E-state index in [4.69, 9.17) is 0 Å². The molecule has 1 aliphatic rings. The van der Waals surface area contributed by atoms with Crippen LogP contribution in [0.2, 0.25) is 0 Å². The summed E-state index contributed by atoms with van der Waals surface area (Å²) in [6, 6.07) is -15.7. The van der Waals surface area contributed by atoms with Crippen LogP contribution < -0.4 is 21.3 Å². The van der Waals surface area contributed by atoms with Gasteiger partial charge in [-0.2, -0.15) is 0 Å². The zero-order chi connectivity index (χ0) is 68.4. The van der Waals surface area contributed by atoms with E-state index >= 15 is 9.59 Å². The maximum Gasteiger partial charge on any atom is 0.336 e. The third kappa shape index (κ3) is 21.3. The number of allylic oxidation sites excluding steroid dienone is 2. The first-order valence-electron chi connectivity index (χ1n) is 31.2. The molecule has 1 heterocycles. The van der Waals surface area contributed by atoms with Crippen molar-refractivity contribution in [1.82, 2.24) is 55.6 Å². The van der Waals surface area contributed by atoms with E-state index in [9.17, 15) is 58.2 Å². The second kappa shape index (κ2) is 35.5. The number of hydrogen-bond acceptors (Lipinski definition) is 13. The van der Waals surface area contributed by atoms with Crippen LogP contribution in [0.3, 0.4) is 0 Å². The van der Waals surface area contributed by atoms with Crippen LogP contribution in [0.4, 0.5) is 0 Å². The number of aliphatic hydroxyl groups is 1. The van der Waals surface area contributed by atoms with E-state index in [2.05, 4.69) is 21.3 Å². The van der Waals surface area contributed by atoms with Gasteiger partial charge < -0.3 is 65.8 Å². The van der Waals surface area contributed by atoms with Crippen molar-refractivity contribution in [2.75, 3.05) is 49.3 Å². The SMILES string of the molecule is C/C=C/C[C@@H](C)[C@@H](O)[C@H]1C(=O)N[C@@H](CC)C(=O)N(C)C(C(=O)O)C(=O)N(C)[C@@H](CC(C)C)C(=O)N[C@@H](C(C)C)C(=O)N(C)[C@@H](CC(C)C)C(=O)N[C@@H](C)C(=O)N[C@H](C)C(=O)N(C)[C@@H](CC(C)C)C(=O)N(C)[C@@H](CC(C)C)C(=O)N(C)[C@@H](C(C)C)C(=O)N1C. The Labute approximate surface area is 524 Å². The molecule has 502 valence electrons. The monoisotopic (exact) mass is 1250 g/mol. The molecule has 1 saturated heterocycles. The zero-order valence-corrected chi connectivity index (χ0v) is 57.3. The number of carboxylic acids is 1. The lowest BCUT2D eigenvalue weighted by Crippen LogP contribution is -2.64. The van der Waals surface area contributed by atoms with Gasteiger partial charge in [-0.1, -0.05) is 109 Å². The minimum Gasteiger partial charge on any atom is -0.479 e. The summed E-state index contributed by atoms with van der Waals surface area (Å²) in [5, 5.41) is 33.5. The molecule has 25 nitrogen and oxygen atoms in total. The number of likely N-dealkylation sites (N-methyl/N-ethyl adjacent to an activating group) is 7. The fourth-order valence-electron chi connectivity index (χ4n) is 11.0. The lowest BCUT2D eigenvalue weighted by molar-refractivity contribution is -0.160. The fourth-order valence-corrected chi connectivity index (χ4v) is 11.0. The highest BCUT2D eigenvalue weighted by Gasteiger charge is 2.47. The summed E-state index contributed by atoms with van der Waals surface area (Å²) in [6.45, 7) is 29.0. The van der Waals surface area contributed by atoms with Gasteiger partial charge in [0.2, 0.25) is 65.1 Å². The van der Waals surface area contributed by atoms with E-state index in [-0.39, 0.29) is 62.2 Å². The molecule has 0 aromatic carbocycles. The Kier molecular flexibility index (Phi) is 32.0. The van der Waals surface area contributed by atoms with Crippen molar-refractivity contribution in [2.45, 2.75) is 229 Å². The average Bonchev–Trinajstić information content (AvgIpc) is 2.37. The maximum absolute atomic E-state index is 15.2. The standard InChI is InChI=1S/C63H111N11O14/c1-25-27-28-39(15)51(75)49-55(79)66-42(26-2)57(81)74(24)50(63(87)88)62(86)69(19)44(30-34(5)6)54(78)67-47(37(11)12)60(84)68(18)43(29-33(3)4)53(77)64-40(16)52(76)65-41(17)56(80)70(20)45(31-35(7)8)58(82)71(21)46(32-36(9)10)59(83)72(22)48(38(13)14)61(85)73(49)23/h25,27,33-51,75H,26,28-32H2,1-24H3,(H,64,77)(H,65,76)(H,66,79)(H,67,78)(H,87,88)/b27-25+/t39-,40+,41-,42+,43+,44+,45+,46+,47+,48+,49+,50?,51-/m1/s1. The van der Waals surface area contributed by atoms with Gasteiger partial charge in [0, 0.05) is 49.3 Å². The average molecular weight is 1250 g/mol. The predicted molar refractivity (Wildman–Crippen MR) is 335 cm³/mol. The number of carboxylic acid groups (broad SMARTS) is 1. The third-order valence-electron chi connectivity index (χ3n) is 16.5. The van der Waals surface area contributed by atoms with Crippen molar-refractivity contribution in [3.63, 3.8) is 0 Å². The van der Waals surface area contributed by atoms with Gasteiger partial charge in [-0.3, -0.25) is 52.7 Å². The molecule has 0 bridgehead atoms. The molecule has 25 heteroatoms. The van der Waals surface area contributed by atoms with E-state index in [1.165, 1.54) is 82.7 Å². The molecule has 1 aliphatic heterocycles. The summed E-state index contributed by atoms with van der Waals surface area (Å²) in [5.41, 5.74) is 0. The number of rotatable bonds is 16. The fraction of sp³-hybridized carbons (Fsp3) is 0.778. The second-order valence-corrected chi connectivity index (χ2v) is 26.5. The lowest BCUT2D eigenvalue weighted by atomic mass is 9.91. The van der Waals surface area contributed by atoms with Crippen LogP contribution in [-0.4, -0.2) is 237 Å². The van der Waals surface area contributed by atoms with Crippen molar-refractivity contribution in [3.05, 3.63) is 12.2 Å². The molecule has 0 aliphatic carbocycles. The Morgan fingerprint density at radius 3 is 1.27 bits per heavy atom. The number of nitrogens with zero attached hydrogens (tertiary/aromatic N) is 7. The zero-order valence-electron chi connectivity index (χ0n) is 57.3. The molecule has 1 fully saturated rings. The number of carbonyl (C=O) groups excluding carboxylic acids is 11. The number of hydrogen-bond donors (Lipinski definition) is 6. The molecular formula is C63H111N11O14. The molecule has 88 heavy (non-hydrogen) atoms. The normalized spacial score (nSPS) is 27.2. The highest BCUT2D eigenvalue weighted by molar-refractivity contribution is 6.06.